The molecule has 3 aromatic carbocycles. The third-order valence-corrected chi connectivity index (χ3v) is 6.62. The van der Waals surface area contributed by atoms with Crippen molar-refractivity contribution in [1.29, 1.82) is 0 Å². The van der Waals surface area contributed by atoms with Gasteiger partial charge in [-0.1, -0.05) is 74.4 Å². The molecule has 2 heteroatoms. The van der Waals surface area contributed by atoms with Crippen LogP contribution in [-0.2, 0) is 12.8 Å². The fraction of sp³-hybridized carbons (Fsp3) is 0.276. The van der Waals surface area contributed by atoms with Gasteiger partial charge in [-0.05, 0) is 66.5 Å². The molecule has 0 unspecified atom stereocenters. The molecular formula is C29H28O2. The van der Waals surface area contributed by atoms with Crippen LogP contribution in [0.25, 0.3) is 33.2 Å². The second kappa shape index (κ2) is 7.85. The van der Waals surface area contributed by atoms with Gasteiger partial charge in [-0.2, -0.15) is 0 Å². The first-order chi connectivity index (χ1) is 15.1. The fourth-order valence-electron chi connectivity index (χ4n) is 5.29. The number of rotatable bonds is 6. The summed E-state index contributed by atoms with van der Waals surface area (Å²) in [6.07, 6.45) is 5.43. The summed E-state index contributed by atoms with van der Waals surface area (Å²) in [5.74, 6) is 0.799. The molecule has 0 amide bonds. The molecule has 0 aliphatic heterocycles. The number of furan rings is 1. The topological polar surface area (TPSA) is 30.2 Å². The number of benzene rings is 3. The SMILES string of the molecule is CCCCCc1c2c(c(-c3ccccc3)c3c(C(C)=O)c(C)oc13)-c1ccccc1C2. The van der Waals surface area contributed by atoms with Crippen LogP contribution in [-0.4, -0.2) is 5.78 Å². The maximum atomic E-state index is 12.8. The van der Waals surface area contributed by atoms with E-state index in [-0.39, 0.29) is 5.78 Å². The Balaban J connectivity index is 1.94. The highest BCUT2D eigenvalue weighted by atomic mass is 16.3. The summed E-state index contributed by atoms with van der Waals surface area (Å²) in [6.45, 7) is 5.82. The fourth-order valence-corrected chi connectivity index (χ4v) is 5.29. The number of hydrogen-bond acceptors (Lipinski definition) is 2. The van der Waals surface area contributed by atoms with Crippen molar-refractivity contribution < 1.29 is 9.21 Å². The standard InChI is InChI=1S/C29H28O2/c1-4-5-7-16-23-24-17-21-14-10-11-15-22(21)27(24)26(20-12-8-6-9-13-20)28-25(18(2)30)19(3)31-29(23)28/h6,8-15H,4-5,7,16-17H2,1-3H3. The van der Waals surface area contributed by atoms with Gasteiger partial charge in [0.1, 0.15) is 11.3 Å². The zero-order valence-electron chi connectivity index (χ0n) is 18.5. The summed E-state index contributed by atoms with van der Waals surface area (Å²) in [4.78, 5) is 12.8. The second-order valence-corrected chi connectivity index (χ2v) is 8.66. The summed E-state index contributed by atoms with van der Waals surface area (Å²) < 4.78 is 6.39. The number of carbonyl (C=O) groups is 1. The van der Waals surface area contributed by atoms with E-state index in [1.54, 1.807) is 6.92 Å². The number of hydrogen-bond donors (Lipinski definition) is 0. The predicted octanol–water partition coefficient (Wildman–Crippen LogP) is 7.91. The Bertz CT molecular complexity index is 1290. The zero-order chi connectivity index (χ0) is 21.5. The van der Waals surface area contributed by atoms with Crippen molar-refractivity contribution in [3.63, 3.8) is 0 Å². The van der Waals surface area contributed by atoms with Gasteiger partial charge in [-0.3, -0.25) is 4.79 Å². The van der Waals surface area contributed by atoms with Crippen molar-refractivity contribution in [2.75, 3.05) is 0 Å². The van der Waals surface area contributed by atoms with Crippen LogP contribution >= 0.6 is 0 Å². The molecular weight excluding hydrogens is 380 g/mol. The molecule has 1 aromatic heterocycles. The number of fused-ring (bicyclic) bond motifs is 4. The largest absolute Gasteiger partial charge is 0.460 e. The predicted molar refractivity (Wildman–Crippen MR) is 128 cm³/mol. The first-order valence-corrected chi connectivity index (χ1v) is 11.4. The molecule has 0 bridgehead atoms. The molecule has 31 heavy (non-hydrogen) atoms. The zero-order valence-corrected chi connectivity index (χ0v) is 18.5. The molecule has 1 aliphatic carbocycles. The van der Waals surface area contributed by atoms with Crippen molar-refractivity contribution in [3.8, 4) is 22.3 Å². The number of Topliss-reactive ketones (excluding diaryl/α,β-unsaturated/α-hetero) is 1. The number of ketones is 1. The van der Waals surface area contributed by atoms with Gasteiger partial charge < -0.3 is 4.42 Å². The Morgan fingerprint density at radius 3 is 2.45 bits per heavy atom. The van der Waals surface area contributed by atoms with Crippen molar-refractivity contribution in [2.24, 2.45) is 0 Å². The molecule has 0 spiro atoms. The summed E-state index contributed by atoms with van der Waals surface area (Å²) >= 11 is 0. The van der Waals surface area contributed by atoms with E-state index >= 15 is 0 Å². The minimum atomic E-state index is 0.0687. The Kier molecular flexibility index (Phi) is 5.02. The van der Waals surface area contributed by atoms with Gasteiger partial charge in [0.15, 0.2) is 5.78 Å². The third-order valence-electron chi connectivity index (χ3n) is 6.62. The summed E-state index contributed by atoms with van der Waals surface area (Å²) in [6, 6.07) is 19.2. The van der Waals surface area contributed by atoms with Gasteiger partial charge >= 0.3 is 0 Å². The van der Waals surface area contributed by atoms with Crippen molar-refractivity contribution in [3.05, 3.63) is 82.6 Å². The molecule has 2 nitrogen and oxygen atoms in total. The summed E-state index contributed by atoms with van der Waals surface area (Å²) in [5, 5.41) is 0.998. The van der Waals surface area contributed by atoms with Crippen LogP contribution in [0.3, 0.4) is 0 Å². The molecule has 0 saturated heterocycles. The van der Waals surface area contributed by atoms with E-state index in [1.165, 1.54) is 40.7 Å². The minimum absolute atomic E-state index is 0.0687. The van der Waals surface area contributed by atoms with E-state index in [0.717, 1.165) is 52.7 Å². The van der Waals surface area contributed by atoms with Crippen LogP contribution in [0.4, 0.5) is 0 Å². The van der Waals surface area contributed by atoms with Gasteiger partial charge in [0, 0.05) is 10.9 Å². The lowest BCUT2D eigenvalue weighted by Gasteiger charge is -2.17. The molecule has 0 fully saturated rings. The molecule has 4 aromatic rings. The van der Waals surface area contributed by atoms with E-state index < -0.39 is 0 Å². The Hall–Kier alpha value is -3.13. The smallest absolute Gasteiger partial charge is 0.163 e. The Morgan fingerprint density at radius 1 is 0.968 bits per heavy atom. The van der Waals surface area contributed by atoms with E-state index in [9.17, 15) is 4.79 Å². The molecule has 0 N–H and O–H groups in total. The van der Waals surface area contributed by atoms with Crippen LogP contribution < -0.4 is 0 Å². The highest BCUT2D eigenvalue weighted by Gasteiger charge is 2.31. The lowest BCUT2D eigenvalue weighted by Crippen LogP contribution is -2.00. The number of aryl methyl sites for hydroxylation is 2. The molecule has 0 saturated carbocycles. The minimum Gasteiger partial charge on any atom is -0.460 e. The van der Waals surface area contributed by atoms with Crippen molar-refractivity contribution in [2.45, 2.75) is 52.9 Å². The van der Waals surface area contributed by atoms with Crippen LogP contribution in [0.15, 0.2) is 59.0 Å². The molecule has 156 valence electrons. The number of carbonyl (C=O) groups excluding carboxylic acids is 1. The average Bonchev–Trinajstić information content (AvgIpc) is 3.32. The van der Waals surface area contributed by atoms with Gasteiger partial charge in [-0.25, -0.2) is 0 Å². The highest BCUT2D eigenvalue weighted by molar-refractivity contribution is 6.17. The normalized spacial score (nSPS) is 12.2. The first-order valence-electron chi connectivity index (χ1n) is 11.4. The van der Waals surface area contributed by atoms with Crippen LogP contribution in [0.1, 0.15) is 65.9 Å². The quantitative estimate of drug-likeness (QED) is 0.211. The highest BCUT2D eigenvalue weighted by Crippen LogP contribution is 2.51. The third kappa shape index (κ3) is 3.13. The van der Waals surface area contributed by atoms with Crippen molar-refractivity contribution in [1.82, 2.24) is 0 Å². The van der Waals surface area contributed by atoms with Gasteiger partial charge in [0.2, 0.25) is 0 Å². The molecule has 0 atom stereocenters. The van der Waals surface area contributed by atoms with Crippen LogP contribution in [0, 0.1) is 6.92 Å². The maximum absolute atomic E-state index is 12.8. The monoisotopic (exact) mass is 408 g/mol. The Morgan fingerprint density at radius 2 is 1.71 bits per heavy atom. The summed E-state index contributed by atoms with van der Waals surface area (Å²) in [5.41, 5.74) is 10.6. The van der Waals surface area contributed by atoms with E-state index in [4.69, 9.17) is 4.42 Å². The lowest BCUT2D eigenvalue weighted by atomic mass is 9.85. The summed E-state index contributed by atoms with van der Waals surface area (Å²) in [7, 11) is 0. The average molecular weight is 409 g/mol. The van der Waals surface area contributed by atoms with E-state index in [0.29, 0.717) is 0 Å². The van der Waals surface area contributed by atoms with Crippen LogP contribution in [0.2, 0.25) is 0 Å². The van der Waals surface area contributed by atoms with Gasteiger partial charge in [0.25, 0.3) is 0 Å². The molecule has 5 rings (SSSR count). The first kappa shape index (κ1) is 19.8. The van der Waals surface area contributed by atoms with Gasteiger partial charge in [0.05, 0.1) is 5.56 Å². The number of unbranched alkanes of at least 4 members (excludes halogenated alkanes) is 2. The molecule has 0 radical (unpaired) electrons. The van der Waals surface area contributed by atoms with E-state index in [2.05, 4.69) is 55.5 Å². The lowest BCUT2D eigenvalue weighted by molar-refractivity contribution is 0.101. The van der Waals surface area contributed by atoms with Crippen molar-refractivity contribution >= 4 is 16.8 Å². The Labute approximate surface area is 183 Å². The molecule has 1 heterocycles. The molecule has 1 aliphatic rings. The van der Waals surface area contributed by atoms with Gasteiger partial charge in [-0.15, -0.1) is 0 Å². The van der Waals surface area contributed by atoms with Crippen LogP contribution in [0.5, 0.6) is 0 Å². The van der Waals surface area contributed by atoms with E-state index in [1.807, 2.05) is 13.0 Å². The second-order valence-electron chi connectivity index (χ2n) is 8.66. The maximum Gasteiger partial charge on any atom is 0.163 e.